The van der Waals surface area contributed by atoms with Crippen LogP contribution >= 0.6 is 0 Å². The Labute approximate surface area is 212 Å². The predicted octanol–water partition coefficient (Wildman–Crippen LogP) is 3.65. The van der Waals surface area contributed by atoms with E-state index in [1.54, 1.807) is 15.4 Å². The molecular formula is C25H37N7O4. The molecule has 36 heavy (non-hydrogen) atoms. The second kappa shape index (κ2) is 10.9. The number of nitrogens with one attached hydrogen (secondary N) is 1. The van der Waals surface area contributed by atoms with Crippen molar-refractivity contribution in [3.8, 4) is 0 Å². The highest BCUT2D eigenvalue weighted by Crippen LogP contribution is 2.28. The lowest BCUT2D eigenvalue weighted by Crippen LogP contribution is -2.51. The molecule has 2 amide bonds. The molecule has 0 saturated carbocycles. The summed E-state index contributed by atoms with van der Waals surface area (Å²) in [6.07, 6.45) is 4.36. The average molecular weight is 500 g/mol. The summed E-state index contributed by atoms with van der Waals surface area (Å²) in [5, 5.41) is 7.18. The zero-order valence-electron chi connectivity index (χ0n) is 22.0. The van der Waals surface area contributed by atoms with Crippen LogP contribution in [0, 0.1) is 0 Å². The normalized spacial score (nSPS) is 13.7. The van der Waals surface area contributed by atoms with Gasteiger partial charge in [0.05, 0.1) is 5.92 Å². The van der Waals surface area contributed by atoms with Crippen LogP contribution in [0.2, 0.25) is 0 Å². The van der Waals surface area contributed by atoms with Crippen LogP contribution < -0.4 is 10.9 Å². The molecule has 0 radical (unpaired) electrons. The Morgan fingerprint density at radius 2 is 1.94 bits per heavy atom. The molecule has 1 aliphatic heterocycles. The zero-order valence-corrected chi connectivity index (χ0v) is 22.0. The SMILES string of the molecule is CC.CC(C)c1cc2c(=O)n(CC(=O)Nc3ccncn3)nc(C3CN(C(=O)OC(C)(C)C)C3)n2c1.[HH]. The summed E-state index contributed by atoms with van der Waals surface area (Å²) in [7, 11) is 0. The molecule has 0 spiro atoms. The van der Waals surface area contributed by atoms with Crippen molar-refractivity contribution < 1.29 is 15.8 Å². The van der Waals surface area contributed by atoms with Crippen molar-refractivity contribution in [2.75, 3.05) is 18.4 Å². The minimum Gasteiger partial charge on any atom is -0.444 e. The summed E-state index contributed by atoms with van der Waals surface area (Å²) in [5.41, 5.74) is 0.493. The van der Waals surface area contributed by atoms with Gasteiger partial charge in [-0.1, -0.05) is 27.7 Å². The van der Waals surface area contributed by atoms with Gasteiger partial charge in [-0.15, -0.1) is 0 Å². The number of fused-ring (bicyclic) bond motifs is 1. The molecule has 1 saturated heterocycles. The number of hydrogen-bond donors (Lipinski definition) is 1. The minimum absolute atomic E-state index is 0. The number of carbonyl (C=O) groups excluding carboxylic acids is 2. The maximum Gasteiger partial charge on any atom is 0.410 e. The minimum atomic E-state index is -0.579. The Hall–Kier alpha value is -3.76. The molecule has 0 unspecified atom stereocenters. The van der Waals surface area contributed by atoms with Gasteiger partial charge in [0.2, 0.25) is 5.91 Å². The monoisotopic (exact) mass is 499 g/mol. The van der Waals surface area contributed by atoms with E-state index in [4.69, 9.17) is 4.74 Å². The third-order valence-corrected chi connectivity index (χ3v) is 5.47. The van der Waals surface area contributed by atoms with E-state index >= 15 is 0 Å². The van der Waals surface area contributed by atoms with Crippen molar-refractivity contribution in [1.82, 2.24) is 29.0 Å². The molecule has 1 aliphatic rings. The van der Waals surface area contributed by atoms with Gasteiger partial charge in [0.15, 0.2) is 0 Å². The Morgan fingerprint density at radius 1 is 1.25 bits per heavy atom. The van der Waals surface area contributed by atoms with Crippen molar-refractivity contribution >= 4 is 23.3 Å². The van der Waals surface area contributed by atoms with Crippen LogP contribution in [0.15, 0.2) is 35.6 Å². The molecule has 0 aliphatic carbocycles. The number of carbonyl (C=O) groups is 2. The third-order valence-electron chi connectivity index (χ3n) is 5.47. The van der Waals surface area contributed by atoms with E-state index in [1.165, 1.54) is 17.2 Å². The number of rotatable bonds is 5. The molecular weight excluding hydrogens is 462 g/mol. The summed E-state index contributed by atoms with van der Waals surface area (Å²) in [6, 6.07) is 3.39. The van der Waals surface area contributed by atoms with Crippen molar-refractivity contribution in [1.29, 1.82) is 0 Å². The highest BCUT2D eigenvalue weighted by molar-refractivity contribution is 5.89. The van der Waals surface area contributed by atoms with Crippen molar-refractivity contribution in [3.05, 3.63) is 52.6 Å². The van der Waals surface area contributed by atoms with E-state index in [0.717, 1.165) is 5.56 Å². The van der Waals surface area contributed by atoms with Crippen molar-refractivity contribution in [2.45, 2.75) is 72.4 Å². The Morgan fingerprint density at radius 3 is 2.53 bits per heavy atom. The van der Waals surface area contributed by atoms with Gasteiger partial charge in [-0.3, -0.25) is 14.0 Å². The van der Waals surface area contributed by atoms with E-state index in [-0.39, 0.29) is 31.5 Å². The van der Waals surface area contributed by atoms with Gasteiger partial charge >= 0.3 is 6.09 Å². The Balaban J connectivity index is 0.00000157. The van der Waals surface area contributed by atoms with E-state index in [9.17, 15) is 14.4 Å². The fourth-order valence-electron chi connectivity index (χ4n) is 3.69. The van der Waals surface area contributed by atoms with E-state index in [2.05, 4.69) is 20.4 Å². The van der Waals surface area contributed by atoms with Crippen molar-refractivity contribution in [3.63, 3.8) is 0 Å². The molecule has 11 heteroatoms. The molecule has 1 fully saturated rings. The lowest BCUT2D eigenvalue weighted by molar-refractivity contribution is -0.117. The van der Waals surface area contributed by atoms with Gasteiger partial charge in [-0.05, 0) is 44.4 Å². The summed E-state index contributed by atoms with van der Waals surface area (Å²) >= 11 is 0. The number of ether oxygens (including phenoxy) is 1. The molecule has 11 nitrogen and oxygen atoms in total. The number of aromatic nitrogens is 5. The first-order valence-electron chi connectivity index (χ1n) is 12.2. The van der Waals surface area contributed by atoms with Gasteiger partial charge in [0.1, 0.15) is 35.6 Å². The maximum atomic E-state index is 13.2. The highest BCUT2D eigenvalue weighted by Gasteiger charge is 2.37. The van der Waals surface area contributed by atoms with Gasteiger partial charge in [-0.2, -0.15) is 5.10 Å². The molecule has 196 valence electrons. The summed E-state index contributed by atoms with van der Waals surface area (Å²) < 4.78 is 8.40. The smallest absolute Gasteiger partial charge is 0.410 e. The fourth-order valence-corrected chi connectivity index (χ4v) is 3.69. The van der Waals surface area contributed by atoms with Crippen LogP contribution in [0.1, 0.15) is 73.1 Å². The van der Waals surface area contributed by atoms with Gasteiger partial charge in [-0.25, -0.2) is 19.4 Å². The highest BCUT2D eigenvalue weighted by atomic mass is 16.6. The summed E-state index contributed by atoms with van der Waals surface area (Å²) in [6.45, 7) is 14.1. The third kappa shape index (κ3) is 6.07. The molecule has 3 aromatic heterocycles. The van der Waals surface area contributed by atoms with Crippen LogP contribution in [-0.2, 0) is 16.1 Å². The second-order valence-corrected chi connectivity index (χ2v) is 9.73. The topological polar surface area (TPSA) is 124 Å². The Bertz CT molecular complexity index is 1280. The number of amides is 2. The van der Waals surface area contributed by atoms with Crippen molar-refractivity contribution in [2.24, 2.45) is 0 Å². The predicted molar refractivity (Wildman–Crippen MR) is 138 cm³/mol. The standard InChI is InChI=1S/C23H29N7O4.C2H6.H2/c1-14(2)15-8-17-21(32)30(12-19(31)26-18-6-7-24-13-25-18)27-20(29(17)11-15)16-9-28(10-16)22(33)34-23(3,4)5;1-2;/h6-8,11,13-14,16H,9-10,12H2,1-5H3,(H,24,25,26,31);1-2H3;1H. The van der Waals surface area contributed by atoms with E-state index in [0.29, 0.717) is 30.2 Å². The van der Waals surface area contributed by atoms with Gasteiger partial charge in [0, 0.05) is 26.9 Å². The number of likely N-dealkylation sites (tertiary alicyclic amines) is 1. The lowest BCUT2D eigenvalue weighted by atomic mass is 10.00. The fraction of sp³-hybridized carbons (Fsp3) is 0.520. The first kappa shape index (κ1) is 26.8. The zero-order chi connectivity index (χ0) is 26.6. The molecule has 3 aromatic rings. The Kier molecular flexibility index (Phi) is 8.11. The number of anilines is 1. The largest absolute Gasteiger partial charge is 0.444 e. The van der Waals surface area contributed by atoms with Crippen LogP contribution in [0.25, 0.3) is 5.52 Å². The van der Waals surface area contributed by atoms with Crippen LogP contribution in [0.4, 0.5) is 10.6 Å². The first-order valence-corrected chi connectivity index (χ1v) is 12.2. The van der Waals surface area contributed by atoms with E-state index < -0.39 is 11.5 Å². The lowest BCUT2D eigenvalue weighted by Gasteiger charge is -2.39. The molecule has 4 rings (SSSR count). The summed E-state index contributed by atoms with van der Waals surface area (Å²) in [5.74, 6) is 0.644. The van der Waals surface area contributed by atoms with E-state index in [1.807, 2.05) is 60.7 Å². The van der Waals surface area contributed by atoms with Crippen LogP contribution in [0.3, 0.4) is 0 Å². The maximum absolute atomic E-state index is 13.2. The quantitative estimate of drug-likeness (QED) is 0.568. The number of nitrogens with zero attached hydrogens (tertiary/aromatic N) is 6. The van der Waals surface area contributed by atoms with Crippen LogP contribution in [0.5, 0.6) is 0 Å². The molecule has 1 N–H and O–H groups in total. The van der Waals surface area contributed by atoms with Gasteiger partial charge in [0.25, 0.3) is 5.56 Å². The molecule has 0 atom stereocenters. The molecule has 0 aromatic carbocycles. The molecule has 4 heterocycles. The average Bonchev–Trinajstić information content (AvgIpc) is 3.23. The van der Waals surface area contributed by atoms with Gasteiger partial charge < -0.3 is 15.0 Å². The first-order chi connectivity index (χ1) is 17.0. The summed E-state index contributed by atoms with van der Waals surface area (Å²) in [4.78, 5) is 47.5. The molecule has 0 bridgehead atoms. The van der Waals surface area contributed by atoms with Crippen LogP contribution in [-0.4, -0.2) is 59.7 Å². The second-order valence-electron chi connectivity index (χ2n) is 9.73. The number of hydrogen-bond acceptors (Lipinski definition) is 7.